The lowest BCUT2D eigenvalue weighted by Gasteiger charge is -2.24. The summed E-state index contributed by atoms with van der Waals surface area (Å²) in [6, 6.07) is 0. The van der Waals surface area contributed by atoms with Gasteiger partial charge in [-0.2, -0.15) is 50.5 Å². The van der Waals surface area contributed by atoms with Crippen molar-refractivity contribution in [1.29, 1.82) is 0 Å². The third kappa shape index (κ3) is 9.75. The summed E-state index contributed by atoms with van der Waals surface area (Å²) in [5, 5.41) is 5.64. The van der Waals surface area contributed by atoms with Crippen LogP contribution in [0.4, 0.5) is 0 Å². The van der Waals surface area contributed by atoms with Gasteiger partial charge in [-0.1, -0.05) is 0 Å². The smallest absolute Gasteiger partial charge is 0.0729 e. The Bertz CT molecular complexity index is 315. The van der Waals surface area contributed by atoms with Crippen molar-refractivity contribution >= 4 is 145 Å². The Morgan fingerprint density at radius 2 is 1.23 bits per heavy atom. The Hall–Kier alpha value is 3.94. The molecule has 1 aliphatic heterocycles. The predicted octanol–water partition coefficient (Wildman–Crippen LogP) is 7.11. The third-order valence-corrected chi connectivity index (χ3v) is 14.9. The van der Waals surface area contributed by atoms with E-state index in [1.807, 2.05) is 94.1 Å². The second-order valence-corrected chi connectivity index (χ2v) is 16.6. The topological polar surface area (TPSA) is 0 Å². The number of hydrogen-bond acceptors (Lipinski definition) is 12. The minimum atomic E-state index is 0.517. The van der Waals surface area contributed by atoms with Crippen LogP contribution >= 0.6 is 145 Å². The van der Waals surface area contributed by atoms with Crippen molar-refractivity contribution in [3.8, 4) is 0 Å². The highest BCUT2D eigenvalue weighted by Gasteiger charge is 2.23. The quantitative estimate of drug-likeness (QED) is 0.147. The Balaban J connectivity index is 2.47. The van der Waals surface area contributed by atoms with E-state index >= 15 is 0 Å². The maximum absolute atomic E-state index is 4.40. The molecule has 0 saturated carbocycles. The number of thioether (sulfide) groups is 8. The summed E-state index contributed by atoms with van der Waals surface area (Å²) in [4.78, 5) is 0. The van der Waals surface area contributed by atoms with E-state index in [0.717, 1.165) is 30.5 Å². The molecule has 0 fully saturated rings. The lowest BCUT2D eigenvalue weighted by Crippen LogP contribution is -2.14. The summed E-state index contributed by atoms with van der Waals surface area (Å²) in [5.74, 6) is 0. The van der Waals surface area contributed by atoms with Crippen molar-refractivity contribution < 1.29 is 0 Å². The number of thiol groups is 4. The van der Waals surface area contributed by atoms with E-state index in [4.69, 9.17) is 0 Å². The maximum Gasteiger partial charge on any atom is 0.0729 e. The largest absolute Gasteiger partial charge is 0.168 e. The molecule has 130 valence electrons. The zero-order chi connectivity index (χ0) is 16.2. The SMILES string of the molecule is SCSC1=C(SCSC(SCS)C(SCS)SCS)SCS1. The molecule has 0 nitrogen and oxygen atoms in total. The van der Waals surface area contributed by atoms with E-state index in [1.165, 1.54) is 8.47 Å². The molecular weight excluding hydrogens is 505 g/mol. The molecule has 1 heterocycles. The van der Waals surface area contributed by atoms with Crippen LogP contribution in [0, 0.1) is 0 Å². The second kappa shape index (κ2) is 15.9. The fourth-order valence-corrected chi connectivity index (χ4v) is 15.6. The zero-order valence-electron chi connectivity index (χ0n) is 11.5. The Morgan fingerprint density at radius 1 is 0.727 bits per heavy atom. The van der Waals surface area contributed by atoms with Gasteiger partial charge in [0.1, 0.15) is 0 Å². The summed E-state index contributed by atoms with van der Waals surface area (Å²) in [7, 11) is 0. The number of hydrogen-bond donors (Lipinski definition) is 4. The average Bonchev–Trinajstić information content (AvgIpc) is 2.94. The molecule has 0 aliphatic carbocycles. The van der Waals surface area contributed by atoms with Gasteiger partial charge >= 0.3 is 0 Å². The highest BCUT2D eigenvalue weighted by atomic mass is 32.3. The van der Waals surface area contributed by atoms with Crippen molar-refractivity contribution in [3.05, 3.63) is 8.47 Å². The van der Waals surface area contributed by atoms with E-state index in [1.54, 1.807) is 0 Å². The van der Waals surface area contributed by atoms with Gasteiger partial charge in [-0.25, -0.2) is 0 Å². The molecule has 22 heavy (non-hydrogen) atoms. The van der Waals surface area contributed by atoms with Crippen molar-refractivity contribution in [2.24, 2.45) is 0 Å². The molecule has 0 spiro atoms. The van der Waals surface area contributed by atoms with Crippen LogP contribution in [0.1, 0.15) is 0 Å². The minimum Gasteiger partial charge on any atom is -0.168 e. The highest BCUT2D eigenvalue weighted by molar-refractivity contribution is 8.39. The van der Waals surface area contributed by atoms with Gasteiger partial charge in [-0.05, 0) is 0 Å². The maximum atomic E-state index is 4.40. The van der Waals surface area contributed by atoms with Crippen LogP contribution in [-0.2, 0) is 0 Å². The predicted molar refractivity (Wildman–Crippen MR) is 140 cm³/mol. The zero-order valence-corrected chi connectivity index (χ0v) is 21.6. The average molecular weight is 523 g/mol. The van der Waals surface area contributed by atoms with Gasteiger partial charge in [0.15, 0.2) is 0 Å². The van der Waals surface area contributed by atoms with Gasteiger partial charge in [0, 0.05) is 30.5 Å². The molecule has 0 aromatic rings. The van der Waals surface area contributed by atoms with E-state index in [-0.39, 0.29) is 0 Å². The standard InChI is InChI=1S/C10H18S12/c11-1-15-7(16-2-12)8(17-3-13)19-5-21-10-9(18-4-14)20-6-22-10/h7-8,11-14H,1-6H2. The van der Waals surface area contributed by atoms with Gasteiger partial charge in [0.25, 0.3) is 0 Å². The van der Waals surface area contributed by atoms with Gasteiger partial charge in [-0.3, -0.25) is 0 Å². The molecule has 0 saturated heterocycles. The van der Waals surface area contributed by atoms with Crippen LogP contribution in [0.2, 0.25) is 0 Å². The molecule has 1 aliphatic rings. The van der Waals surface area contributed by atoms with Crippen molar-refractivity contribution in [2.75, 3.05) is 30.5 Å². The molecule has 0 radical (unpaired) electrons. The first-order valence-electron chi connectivity index (χ1n) is 5.92. The van der Waals surface area contributed by atoms with Crippen molar-refractivity contribution in [2.45, 2.75) is 9.16 Å². The normalized spacial score (nSPS) is 16.8. The number of rotatable bonds is 13. The molecule has 0 N–H and O–H groups in total. The minimum absolute atomic E-state index is 0.517. The van der Waals surface area contributed by atoms with Crippen LogP contribution in [0.25, 0.3) is 0 Å². The fraction of sp³-hybridized carbons (Fsp3) is 0.800. The Morgan fingerprint density at radius 3 is 1.73 bits per heavy atom. The molecule has 1 rings (SSSR count). The monoisotopic (exact) mass is 522 g/mol. The second-order valence-electron chi connectivity index (χ2n) is 3.31. The van der Waals surface area contributed by atoms with Crippen molar-refractivity contribution in [3.63, 3.8) is 0 Å². The lowest BCUT2D eigenvalue weighted by atomic mass is 10.9. The van der Waals surface area contributed by atoms with Crippen LogP contribution in [0.5, 0.6) is 0 Å². The first-order valence-corrected chi connectivity index (χ1v) is 16.6. The van der Waals surface area contributed by atoms with Crippen LogP contribution in [-0.4, -0.2) is 39.7 Å². The van der Waals surface area contributed by atoms with E-state index in [2.05, 4.69) is 50.5 Å². The summed E-state index contributed by atoms with van der Waals surface area (Å²) < 4.78 is 3.98. The van der Waals surface area contributed by atoms with Crippen LogP contribution in [0.15, 0.2) is 8.47 Å². The van der Waals surface area contributed by atoms with E-state index in [0.29, 0.717) is 9.16 Å². The molecule has 12 heteroatoms. The van der Waals surface area contributed by atoms with E-state index in [9.17, 15) is 0 Å². The van der Waals surface area contributed by atoms with Gasteiger partial charge in [0.2, 0.25) is 0 Å². The molecule has 0 amide bonds. The van der Waals surface area contributed by atoms with E-state index < -0.39 is 0 Å². The summed E-state index contributed by atoms with van der Waals surface area (Å²) in [6.45, 7) is 0. The Labute approximate surface area is 190 Å². The lowest BCUT2D eigenvalue weighted by molar-refractivity contribution is 1.36. The summed E-state index contributed by atoms with van der Waals surface area (Å²) in [6.07, 6.45) is 0. The molecule has 0 aromatic heterocycles. The molecule has 1 unspecified atom stereocenters. The van der Waals surface area contributed by atoms with Crippen LogP contribution < -0.4 is 0 Å². The van der Waals surface area contributed by atoms with Gasteiger partial charge in [0.05, 0.1) is 17.6 Å². The first kappa shape index (κ1) is 24.0. The van der Waals surface area contributed by atoms with Crippen LogP contribution in [0.3, 0.4) is 0 Å². The van der Waals surface area contributed by atoms with Gasteiger partial charge < -0.3 is 0 Å². The third-order valence-electron chi connectivity index (χ3n) is 2.10. The fourth-order valence-electron chi connectivity index (χ4n) is 1.30. The summed E-state index contributed by atoms with van der Waals surface area (Å²) in [5.41, 5.74) is 0. The van der Waals surface area contributed by atoms with Crippen molar-refractivity contribution in [1.82, 2.24) is 0 Å². The molecular formula is C10H18S12. The molecule has 0 aromatic carbocycles. The highest BCUT2D eigenvalue weighted by Crippen LogP contribution is 2.52. The molecule has 0 bridgehead atoms. The first-order chi connectivity index (χ1) is 10.8. The van der Waals surface area contributed by atoms with Gasteiger partial charge in [-0.15, -0.1) is 94.1 Å². The molecule has 1 atom stereocenters. The summed E-state index contributed by atoms with van der Waals surface area (Å²) >= 11 is 32.9. The Kier molecular flexibility index (Phi) is 17.4.